The molecule has 0 aromatic heterocycles. The van der Waals surface area contributed by atoms with Crippen molar-refractivity contribution in [3.63, 3.8) is 0 Å². The third-order valence-electron chi connectivity index (χ3n) is 3.56. The first-order valence-electron chi connectivity index (χ1n) is 7.27. The third-order valence-corrected chi connectivity index (χ3v) is 3.56. The van der Waals surface area contributed by atoms with Crippen molar-refractivity contribution in [2.45, 2.75) is 25.8 Å². The molecule has 1 atom stereocenters. The van der Waals surface area contributed by atoms with Gasteiger partial charge in [0.15, 0.2) is 0 Å². The van der Waals surface area contributed by atoms with Crippen molar-refractivity contribution in [1.82, 2.24) is 5.32 Å². The summed E-state index contributed by atoms with van der Waals surface area (Å²) in [6.07, 6.45) is 1.34. The van der Waals surface area contributed by atoms with Crippen molar-refractivity contribution in [1.29, 1.82) is 0 Å². The Morgan fingerprint density at radius 2 is 2.13 bits per heavy atom. The van der Waals surface area contributed by atoms with Gasteiger partial charge in [0.2, 0.25) is 11.8 Å². The number of amides is 4. The van der Waals surface area contributed by atoms with Gasteiger partial charge in [-0.15, -0.1) is 0 Å². The average Bonchev–Trinajstić information content (AvgIpc) is 2.92. The van der Waals surface area contributed by atoms with Crippen LogP contribution in [0.2, 0.25) is 0 Å². The molecule has 1 aliphatic heterocycles. The van der Waals surface area contributed by atoms with Gasteiger partial charge in [-0.25, -0.2) is 4.79 Å². The molecule has 1 fully saturated rings. The van der Waals surface area contributed by atoms with Crippen molar-refractivity contribution in [3.8, 4) is 5.75 Å². The van der Waals surface area contributed by atoms with Crippen molar-refractivity contribution in [2.24, 2.45) is 5.73 Å². The summed E-state index contributed by atoms with van der Waals surface area (Å²) in [6.45, 7) is 2.18. The Kier molecular flexibility index (Phi) is 5.05. The number of nitrogens with two attached hydrogens (primary N) is 1. The molecule has 23 heavy (non-hydrogen) atoms. The molecule has 1 unspecified atom stereocenters. The largest absolute Gasteiger partial charge is 0.494 e. The maximum absolute atomic E-state index is 12.0. The number of ether oxygens (including phenoxy) is 1. The van der Waals surface area contributed by atoms with E-state index < -0.39 is 18.0 Å². The second-order valence-corrected chi connectivity index (χ2v) is 5.26. The molecule has 1 aromatic rings. The second-order valence-electron chi connectivity index (χ2n) is 5.26. The Hall–Kier alpha value is -2.77. The standard InChI is InChI=1S/C15H20N4O4/c1-9(17-15(16)22)14(21)18-10-5-6-11(12(8-10)23-2)19-7-3-4-13(19)20/h5-6,8-9H,3-4,7H2,1-2H3,(H,18,21)(H3,16,17,22). The zero-order chi connectivity index (χ0) is 17.0. The van der Waals surface area contributed by atoms with Gasteiger partial charge in [0.05, 0.1) is 12.8 Å². The van der Waals surface area contributed by atoms with Crippen LogP contribution in [-0.4, -0.2) is 37.5 Å². The first-order chi connectivity index (χ1) is 10.9. The van der Waals surface area contributed by atoms with E-state index in [9.17, 15) is 14.4 Å². The lowest BCUT2D eigenvalue weighted by Gasteiger charge is -2.20. The van der Waals surface area contributed by atoms with Crippen LogP contribution in [0.4, 0.5) is 16.2 Å². The van der Waals surface area contributed by atoms with Gasteiger partial charge in [-0.3, -0.25) is 9.59 Å². The molecule has 124 valence electrons. The molecule has 1 aliphatic rings. The van der Waals surface area contributed by atoms with Crippen LogP contribution in [-0.2, 0) is 9.59 Å². The van der Waals surface area contributed by atoms with Gasteiger partial charge in [-0.2, -0.15) is 0 Å². The summed E-state index contributed by atoms with van der Waals surface area (Å²) < 4.78 is 5.32. The predicted molar refractivity (Wildman–Crippen MR) is 85.4 cm³/mol. The Morgan fingerprint density at radius 3 is 2.70 bits per heavy atom. The Morgan fingerprint density at radius 1 is 1.39 bits per heavy atom. The molecular formula is C15H20N4O4. The molecule has 8 heteroatoms. The number of nitrogens with zero attached hydrogens (tertiary/aromatic N) is 1. The lowest BCUT2D eigenvalue weighted by Crippen LogP contribution is -2.44. The molecule has 1 saturated heterocycles. The van der Waals surface area contributed by atoms with Crippen LogP contribution in [0.5, 0.6) is 5.75 Å². The summed E-state index contributed by atoms with van der Waals surface area (Å²) >= 11 is 0. The van der Waals surface area contributed by atoms with Crippen LogP contribution < -0.4 is 26.0 Å². The molecule has 8 nitrogen and oxygen atoms in total. The number of urea groups is 1. The number of anilines is 2. The van der Waals surface area contributed by atoms with Crippen molar-refractivity contribution in [2.75, 3.05) is 23.9 Å². The van der Waals surface area contributed by atoms with Gasteiger partial charge < -0.3 is 26.0 Å². The number of hydrogen-bond donors (Lipinski definition) is 3. The van der Waals surface area contributed by atoms with Crippen LogP contribution in [0, 0.1) is 0 Å². The predicted octanol–water partition coefficient (Wildman–Crippen LogP) is 0.817. The molecule has 0 aliphatic carbocycles. The number of methoxy groups -OCH3 is 1. The lowest BCUT2D eigenvalue weighted by atomic mass is 10.2. The highest BCUT2D eigenvalue weighted by molar-refractivity contribution is 5.99. The van der Waals surface area contributed by atoms with Gasteiger partial charge in [0, 0.05) is 24.7 Å². The Balaban J connectivity index is 2.14. The van der Waals surface area contributed by atoms with Gasteiger partial charge in [-0.05, 0) is 25.5 Å². The zero-order valence-electron chi connectivity index (χ0n) is 13.1. The molecule has 0 saturated carbocycles. The SMILES string of the molecule is COc1cc(NC(=O)C(C)NC(N)=O)ccc1N1CCCC1=O. The minimum atomic E-state index is -0.770. The quantitative estimate of drug-likeness (QED) is 0.745. The highest BCUT2D eigenvalue weighted by atomic mass is 16.5. The van der Waals surface area contributed by atoms with Gasteiger partial charge >= 0.3 is 6.03 Å². The first kappa shape index (κ1) is 16.6. The zero-order valence-corrected chi connectivity index (χ0v) is 13.1. The lowest BCUT2D eigenvalue weighted by molar-refractivity contribution is -0.118. The fourth-order valence-electron chi connectivity index (χ4n) is 2.41. The normalized spacial score (nSPS) is 15.2. The number of nitrogens with one attached hydrogen (secondary N) is 2. The number of carbonyl (C=O) groups excluding carboxylic acids is 3. The molecule has 0 spiro atoms. The minimum absolute atomic E-state index is 0.0550. The number of benzene rings is 1. The van der Waals surface area contributed by atoms with E-state index in [0.29, 0.717) is 30.1 Å². The summed E-state index contributed by atoms with van der Waals surface area (Å²) in [5.41, 5.74) is 6.16. The van der Waals surface area contributed by atoms with Crippen molar-refractivity contribution >= 4 is 29.2 Å². The summed E-state index contributed by atoms with van der Waals surface area (Å²) in [6, 6.07) is 3.50. The second kappa shape index (κ2) is 6.99. The summed E-state index contributed by atoms with van der Waals surface area (Å²) in [5, 5.41) is 4.95. The molecule has 1 aromatic carbocycles. The van der Waals surface area contributed by atoms with Gasteiger partial charge in [0.1, 0.15) is 11.8 Å². The summed E-state index contributed by atoms with van der Waals surface area (Å²) in [7, 11) is 1.50. The monoisotopic (exact) mass is 320 g/mol. The van der Waals surface area contributed by atoms with Crippen LogP contribution in [0.25, 0.3) is 0 Å². The van der Waals surface area contributed by atoms with Crippen molar-refractivity contribution in [3.05, 3.63) is 18.2 Å². The van der Waals surface area contributed by atoms with Gasteiger partial charge in [-0.1, -0.05) is 0 Å². The van der Waals surface area contributed by atoms with Gasteiger partial charge in [0.25, 0.3) is 0 Å². The van der Waals surface area contributed by atoms with E-state index in [1.54, 1.807) is 23.1 Å². The number of primary amides is 1. The summed E-state index contributed by atoms with van der Waals surface area (Å²) in [5.74, 6) is 0.142. The summed E-state index contributed by atoms with van der Waals surface area (Å²) in [4.78, 5) is 36.2. The molecule has 1 heterocycles. The maximum Gasteiger partial charge on any atom is 0.312 e. The first-order valence-corrected chi connectivity index (χ1v) is 7.27. The number of carbonyl (C=O) groups is 3. The highest BCUT2D eigenvalue weighted by Gasteiger charge is 2.24. The molecule has 0 bridgehead atoms. The van der Waals surface area contributed by atoms with Crippen LogP contribution >= 0.6 is 0 Å². The van der Waals surface area contributed by atoms with E-state index in [4.69, 9.17) is 10.5 Å². The minimum Gasteiger partial charge on any atom is -0.494 e. The van der Waals surface area contributed by atoms with Crippen LogP contribution in [0.3, 0.4) is 0 Å². The molecule has 0 radical (unpaired) electrons. The van der Waals surface area contributed by atoms with E-state index in [0.717, 1.165) is 6.42 Å². The Labute approximate surface area is 134 Å². The average molecular weight is 320 g/mol. The molecular weight excluding hydrogens is 300 g/mol. The number of rotatable bonds is 5. The van der Waals surface area contributed by atoms with E-state index in [2.05, 4.69) is 10.6 Å². The molecule has 4 N–H and O–H groups in total. The van der Waals surface area contributed by atoms with E-state index >= 15 is 0 Å². The Bertz CT molecular complexity index is 632. The fourth-order valence-corrected chi connectivity index (χ4v) is 2.41. The van der Waals surface area contributed by atoms with Crippen LogP contribution in [0.1, 0.15) is 19.8 Å². The smallest absolute Gasteiger partial charge is 0.312 e. The third kappa shape index (κ3) is 3.91. The van der Waals surface area contributed by atoms with Crippen LogP contribution in [0.15, 0.2) is 18.2 Å². The molecule has 2 rings (SSSR count). The highest BCUT2D eigenvalue weighted by Crippen LogP contribution is 2.33. The van der Waals surface area contributed by atoms with E-state index in [1.807, 2.05) is 0 Å². The topological polar surface area (TPSA) is 114 Å². The fraction of sp³-hybridized carbons (Fsp3) is 0.400. The maximum atomic E-state index is 12.0. The van der Waals surface area contributed by atoms with Crippen molar-refractivity contribution < 1.29 is 19.1 Å². The molecule has 4 amide bonds. The number of hydrogen-bond acceptors (Lipinski definition) is 4. The van der Waals surface area contributed by atoms with E-state index in [-0.39, 0.29) is 5.91 Å². The van der Waals surface area contributed by atoms with E-state index in [1.165, 1.54) is 14.0 Å².